The van der Waals surface area contributed by atoms with Crippen molar-refractivity contribution in [1.82, 2.24) is 4.90 Å². The smallest absolute Gasteiger partial charge is 0.162 e. The molecule has 0 aromatic heterocycles. The molecule has 0 spiro atoms. The van der Waals surface area contributed by atoms with Crippen LogP contribution in [0.25, 0.3) is 0 Å². The molecule has 0 bridgehead atoms. The van der Waals surface area contributed by atoms with E-state index >= 15 is 0 Å². The summed E-state index contributed by atoms with van der Waals surface area (Å²) in [7, 11) is 0. The van der Waals surface area contributed by atoms with Gasteiger partial charge >= 0.3 is 0 Å². The highest BCUT2D eigenvalue weighted by Crippen LogP contribution is 2.36. The molecule has 2 N–H and O–H groups in total. The summed E-state index contributed by atoms with van der Waals surface area (Å²) < 4.78 is 12.3. The highest BCUT2D eigenvalue weighted by atomic mass is 79.9. The third kappa shape index (κ3) is 3.22. The standard InChI is InChI=1S/C14H19BrN2O2.ClH/c15-12-7-14-13(18-4-5-19-14)6-10(12)9-17-3-1-2-11(17)8-16;/h6-7,11H,1-5,8-9,16H2;1H. The zero-order chi connectivity index (χ0) is 13.2. The predicted molar refractivity (Wildman–Crippen MR) is 84.9 cm³/mol. The van der Waals surface area contributed by atoms with Gasteiger partial charge in [0.25, 0.3) is 0 Å². The fourth-order valence-electron chi connectivity index (χ4n) is 2.82. The maximum Gasteiger partial charge on any atom is 0.162 e. The Hall–Kier alpha value is -0.490. The molecule has 1 fully saturated rings. The first-order valence-electron chi connectivity index (χ1n) is 6.80. The van der Waals surface area contributed by atoms with Gasteiger partial charge in [-0.1, -0.05) is 15.9 Å². The van der Waals surface area contributed by atoms with Crippen LogP contribution >= 0.6 is 28.3 Å². The van der Waals surface area contributed by atoms with Crippen LogP contribution in [0.4, 0.5) is 0 Å². The van der Waals surface area contributed by atoms with Crippen LogP contribution in [0.5, 0.6) is 11.5 Å². The lowest BCUT2D eigenvalue weighted by atomic mass is 10.1. The lowest BCUT2D eigenvalue weighted by Gasteiger charge is -2.25. The van der Waals surface area contributed by atoms with E-state index in [9.17, 15) is 0 Å². The largest absolute Gasteiger partial charge is 0.486 e. The van der Waals surface area contributed by atoms with Crippen LogP contribution in [0.15, 0.2) is 16.6 Å². The molecule has 3 rings (SSSR count). The van der Waals surface area contributed by atoms with Crippen LogP contribution in [-0.2, 0) is 6.54 Å². The Bertz CT molecular complexity index is 473. The van der Waals surface area contributed by atoms with E-state index in [-0.39, 0.29) is 12.4 Å². The van der Waals surface area contributed by atoms with Crippen molar-refractivity contribution in [2.24, 2.45) is 5.73 Å². The van der Waals surface area contributed by atoms with E-state index in [2.05, 4.69) is 26.9 Å². The Kier molecular flexibility index (Phi) is 5.55. The topological polar surface area (TPSA) is 47.7 Å². The van der Waals surface area contributed by atoms with Crippen molar-refractivity contribution in [3.05, 3.63) is 22.2 Å². The molecule has 1 unspecified atom stereocenters. The molecular weight excluding hydrogens is 344 g/mol. The first-order chi connectivity index (χ1) is 9.28. The van der Waals surface area contributed by atoms with Gasteiger partial charge < -0.3 is 15.2 Å². The quantitative estimate of drug-likeness (QED) is 0.896. The minimum atomic E-state index is 0. The zero-order valence-corrected chi connectivity index (χ0v) is 13.7. The molecule has 1 atom stereocenters. The maximum absolute atomic E-state index is 5.83. The van der Waals surface area contributed by atoms with E-state index in [0.717, 1.165) is 35.6 Å². The van der Waals surface area contributed by atoms with E-state index in [0.29, 0.717) is 19.3 Å². The number of hydrogen-bond acceptors (Lipinski definition) is 4. The van der Waals surface area contributed by atoms with Gasteiger partial charge in [-0.2, -0.15) is 0 Å². The summed E-state index contributed by atoms with van der Waals surface area (Å²) in [6.45, 7) is 4.04. The summed E-state index contributed by atoms with van der Waals surface area (Å²) in [5, 5.41) is 0. The summed E-state index contributed by atoms with van der Waals surface area (Å²) in [4.78, 5) is 2.45. The van der Waals surface area contributed by atoms with Crippen molar-refractivity contribution in [3.63, 3.8) is 0 Å². The average molecular weight is 364 g/mol. The molecule has 0 radical (unpaired) electrons. The van der Waals surface area contributed by atoms with Gasteiger partial charge in [-0.3, -0.25) is 4.90 Å². The van der Waals surface area contributed by atoms with Crippen LogP contribution in [-0.4, -0.2) is 37.2 Å². The molecular formula is C14H20BrClN2O2. The predicted octanol–water partition coefficient (Wildman–Crippen LogP) is 2.57. The fourth-order valence-corrected chi connectivity index (χ4v) is 3.26. The van der Waals surface area contributed by atoms with E-state index in [1.165, 1.54) is 18.4 Å². The molecule has 1 aromatic rings. The van der Waals surface area contributed by atoms with Crippen LogP contribution in [0, 0.1) is 0 Å². The highest BCUT2D eigenvalue weighted by Gasteiger charge is 2.24. The Morgan fingerprint density at radius 3 is 2.65 bits per heavy atom. The minimum absolute atomic E-state index is 0. The number of halogens is 2. The zero-order valence-electron chi connectivity index (χ0n) is 11.3. The van der Waals surface area contributed by atoms with E-state index in [1.54, 1.807) is 0 Å². The van der Waals surface area contributed by atoms with Crippen molar-refractivity contribution in [2.45, 2.75) is 25.4 Å². The van der Waals surface area contributed by atoms with Gasteiger partial charge in [-0.25, -0.2) is 0 Å². The molecule has 0 saturated carbocycles. The molecule has 0 aliphatic carbocycles. The molecule has 112 valence electrons. The molecule has 1 aromatic carbocycles. The first-order valence-corrected chi connectivity index (χ1v) is 7.59. The van der Waals surface area contributed by atoms with Crippen molar-refractivity contribution < 1.29 is 9.47 Å². The lowest BCUT2D eigenvalue weighted by Crippen LogP contribution is -2.35. The van der Waals surface area contributed by atoms with Gasteiger partial charge in [-0.15, -0.1) is 12.4 Å². The Labute approximate surface area is 134 Å². The van der Waals surface area contributed by atoms with Crippen molar-refractivity contribution in [2.75, 3.05) is 26.3 Å². The molecule has 1 saturated heterocycles. The summed E-state index contributed by atoms with van der Waals surface area (Å²) >= 11 is 3.63. The van der Waals surface area contributed by atoms with E-state index < -0.39 is 0 Å². The lowest BCUT2D eigenvalue weighted by molar-refractivity contribution is 0.170. The molecule has 2 aliphatic heterocycles. The SMILES string of the molecule is Cl.NCC1CCCN1Cc1cc2c(cc1Br)OCCO2. The van der Waals surface area contributed by atoms with Crippen LogP contribution in [0.2, 0.25) is 0 Å². The van der Waals surface area contributed by atoms with Crippen molar-refractivity contribution in [1.29, 1.82) is 0 Å². The number of nitrogens with two attached hydrogens (primary N) is 1. The fraction of sp³-hybridized carbons (Fsp3) is 0.571. The third-order valence-corrected chi connectivity index (χ3v) is 4.59. The number of benzene rings is 1. The second kappa shape index (κ2) is 6.98. The second-order valence-corrected chi connectivity index (χ2v) is 5.94. The van der Waals surface area contributed by atoms with E-state index in [4.69, 9.17) is 15.2 Å². The van der Waals surface area contributed by atoms with Gasteiger partial charge in [0.05, 0.1) is 0 Å². The van der Waals surface area contributed by atoms with Crippen molar-refractivity contribution >= 4 is 28.3 Å². The van der Waals surface area contributed by atoms with Crippen LogP contribution < -0.4 is 15.2 Å². The molecule has 0 amide bonds. The second-order valence-electron chi connectivity index (χ2n) is 5.09. The van der Waals surface area contributed by atoms with Gasteiger partial charge in [-0.05, 0) is 37.1 Å². The Morgan fingerprint density at radius 1 is 1.25 bits per heavy atom. The van der Waals surface area contributed by atoms with Gasteiger partial charge in [0.1, 0.15) is 13.2 Å². The summed E-state index contributed by atoms with van der Waals surface area (Å²) in [6, 6.07) is 4.61. The molecule has 2 heterocycles. The summed E-state index contributed by atoms with van der Waals surface area (Å²) in [5.74, 6) is 1.69. The molecule has 4 nitrogen and oxygen atoms in total. The maximum atomic E-state index is 5.83. The molecule has 2 aliphatic rings. The number of nitrogens with zero attached hydrogens (tertiary/aromatic N) is 1. The third-order valence-electron chi connectivity index (χ3n) is 3.86. The van der Waals surface area contributed by atoms with Crippen molar-refractivity contribution in [3.8, 4) is 11.5 Å². The minimum Gasteiger partial charge on any atom is -0.486 e. The van der Waals surface area contributed by atoms with Crippen LogP contribution in [0.3, 0.4) is 0 Å². The number of likely N-dealkylation sites (tertiary alicyclic amines) is 1. The normalized spacial score (nSPS) is 21.6. The number of hydrogen-bond donors (Lipinski definition) is 1. The molecule has 20 heavy (non-hydrogen) atoms. The van der Waals surface area contributed by atoms with E-state index in [1.807, 2.05) is 6.07 Å². The number of ether oxygens (including phenoxy) is 2. The first kappa shape index (κ1) is 15.9. The van der Waals surface area contributed by atoms with Gasteiger partial charge in [0.2, 0.25) is 0 Å². The Morgan fingerprint density at radius 2 is 1.95 bits per heavy atom. The Balaban J connectivity index is 0.00000147. The average Bonchev–Trinajstić information content (AvgIpc) is 2.87. The van der Waals surface area contributed by atoms with Gasteiger partial charge in [0.15, 0.2) is 11.5 Å². The van der Waals surface area contributed by atoms with Gasteiger partial charge in [0, 0.05) is 23.6 Å². The number of rotatable bonds is 3. The summed E-state index contributed by atoms with van der Waals surface area (Å²) in [6.07, 6.45) is 2.45. The highest BCUT2D eigenvalue weighted by molar-refractivity contribution is 9.10. The molecule has 6 heteroatoms. The number of fused-ring (bicyclic) bond motifs is 1. The monoisotopic (exact) mass is 362 g/mol. The summed E-state index contributed by atoms with van der Waals surface area (Å²) in [5.41, 5.74) is 7.07. The van der Waals surface area contributed by atoms with Crippen LogP contribution in [0.1, 0.15) is 18.4 Å².